The summed E-state index contributed by atoms with van der Waals surface area (Å²) >= 11 is 0. The van der Waals surface area contributed by atoms with Crippen LogP contribution in [0.4, 0.5) is 0 Å². The molecule has 2 atom stereocenters. The molecular weight excluding hydrogens is 388 g/mol. The molecule has 0 aliphatic heterocycles. The van der Waals surface area contributed by atoms with Crippen LogP contribution in [0.15, 0.2) is 59.5 Å². The third-order valence-corrected chi connectivity index (χ3v) is 5.60. The monoisotopic (exact) mass is 401 g/mol. The van der Waals surface area contributed by atoms with E-state index in [1.54, 1.807) is 0 Å². The predicted molar refractivity (Wildman–Crippen MR) is 81.8 cm³/mol. The molecule has 1 aromatic carbocycles. The van der Waals surface area contributed by atoms with E-state index >= 15 is 0 Å². The Balaban J connectivity index is 0.00000288. The molecule has 0 radical (unpaired) electrons. The summed E-state index contributed by atoms with van der Waals surface area (Å²) in [7, 11) is -9.55. The van der Waals surface area contributed by atoms with Crippen LogP contribution in [0.1, 0.15) is 5.56 Å². The molecule has 1 aliphatic carbocycles. The maximum absolute atomic E-state index is 11.4. The summed E-state index contributed by atoms with van der Waals surface area (Å²) in [6.45, 7) is 0. The molecule has 124 valence electrons. The number of hydrogen-bond donors (Lipinski definition) is 1. The second-order valence-electron chi connectivity index (χ2n) is 4.93. The standard InChI is InChI=1S/C14H15NO6S2.2Na/c15-14(23(19,20)21)10-4-3-6-12(14)9-8-11-5-1-2-7-13(11)22(16,17)18;;/h1-10,12H,15H2,(H,16,17,18)(H,19,20,21);;/q;2*+1/p-2. The number of benzene rings is 1. The minimum absolute atomic E-state index is 0. The summed E-state index contributed by atoms with van der Waals surface area (Å²) in [5.41, 5.74) is 5.78. The fourth-order valence-electron chi connectivity index (χ4n) is 2.17. The van der Waals surface area contributed by atoms with Crippen LogP contribution < -0.4 is 64.8 Å². The van der Waals surface area contributed by atoms with Gasteiger partial charge in [-0.3, -0.25) is 0 Å². The molecule has 7 nitrogen and oxygen atoms in total. The quantitative estimate of drug-likeness (QED) is 0.392. The fraction of sp³-hybridized carbons (Fsp3) is 0.143. The Kier molecular flexibility index (Phi) is 9.51. The van der Waals surface area contributed by atoms with Gasteiger partial charge in [0.05, 0.1) is 4.90 Å². The first-order valence-corrected chi connectivity index (χ1v) is 9.21. The van der Waals surface area contributed by atoms with Gasteiger partial charge in [-0.25, -0.2) is 16.8 Å². The zero-order valence-corrected chi connectivity index (χ0v) is 19.3. The summed E-state index contributed by atoms with van der Waals surface area (Å²) in [4.78, 5) is -2.62. The van der Waals surface area contributed by atoms with Gasteiger partial charge in [-0.2, -0.15) is 0 Å². The van der Waals surface area contributed by atoms with Crippen molar-refractivity contribution < 1.29 is 85.1 Å². The molecule has 0 spiro atoms. The van der Waals surface area contributed by atoms with E-state index < -0.39 is 35.9 Å². The Morgan fingerprint density at radius 3 is 2.20 bits per heavy atom. The summed E-state index contributed by atoms with van der Waals surface area (Å²) in [5, 5.41) is 0. The van der Waals surface area contributed by atoms with Crippen LogP contribution in [0, 0.1) is 5.92 Å². The molecule has 11 heteroatoms. The van der Waals surface area contributed by atoms with E-state index in [9.17, 15) is 25.9 Å². The Bertz CT molecular complexity index is 909. The van der Waals surface area contributed by atoms with Crippen LogP contribution in [-0.2, 0) is 20.2 Å². The minimum atomic E-state index is -4.86. The average molecular weight is 401 g/mol. The molecule has 0 amide bonds. The molecule has 0 aromatic heterocycles. The number of allylic oxidation sites excluding steroid dienone is 2. The first kappa shape index (κ1) is 25.2. The second-order valence-corrected chi connectivity index (χ2v) is 7.89. The van der Waals surface area contributed by atoms with Crippen LogP contribution >= 0.6 is 0 Å². The van der Waals surface area contributed by atoms with Gasteiger partial charge in [-0.1, -0.05) is 48.6 Å². The third-order valence-electron chi connectivity index (χ3n) is 3.41. The summed E-state index contributed by atoms with van der Waals surface area (Å²) in [6.07, 6.45) is 7.86. The largest absolute Gasteiger partial charge is 1.00 e. The maximum Gasteiger partial charge on any atom is 1.00 e. The van der Waals surface area contributed by atoms with Gasteiger partial charge in [-0.15, -0.1) is 0 Å². The molecule has 1 aliphatic rings. The van der Waals surface area contributed by atoms with Crippen molar-refractivity contribution in [3.8, 4) is 0 Å². The molecule has 2 N–H and O–H groups in total. The Labute approximate surface area is 191 Å². The van der Waals surface area contributed by atoms with Crippen LogP contribution in [0.2, 0.25) is 0 Å². The number of rotatable bonds is 4. The van der Waals surface area contributed by atoms with Crippen LogP contribution in [-0.4, -0.2) is 30.8 Å². The molecule has 2 unspecified atom stereocenters. The van der Waals surface area contributed by atoms with Crippen molar-refractivity contribution in [2.45, 2.75) is 9.77 Å². The third kappa shape index (κ3) is 5.85. The van der Waals surface area contributed by atoms with E-state index in [2.05, 4.69) is 0 Å². The van der Waals surface area contributed by atoms with E-state index in [0.29, 0.717) is 0 Å². The van der Waals surface area contributed by atoms with Gasteiger partial charge in [0.15, 0.2) is 0 Å². The first-order chi connectivity index (χ1) is 10.6. The molecule has 0 saturated heterocycles. The van der Waals surface area contributed by atoms with Crippen molar-refractivity contribution in [3.63, 3.8) is 0 Å². The van der Waals surface area contributed by atoms with Crippen LogP contribution in [0.25, 0.3) is 6.08 Å². The van der Waals surface area contributed by atoms with E-state index in [0.717, 1.165) is 12.1 Å². The van der Waals surface area contributed by atoms with Crippen molar-refractivity contribution in [2.24, 2.45) is 11.7 Å². The Hall–Kier alpha value is 0.220. The minimum Gasteiger partial charge on any atom is -0.746 e. The summed E-state index contributed by atoms with van der Waals surface area (Å²) in [6, 6.07) is 5.43. The molecule has 0 bridgehead atoms. The Morgan fingerprint density at radius 1 is 1.04 bits per heavy atom. The Morgan fingerprint density at radius 2 is 1.64 bits per heavy atom. The smallest absolute Gasteiger partial charge is 0.746 e. The summed E-state index contributed by atoms with van der Waals surface area (Å²) in [5.74, 6) is -1.00. The zero-order valence-electron chi connectivity index (χ0n) is 13.7. The zero-order chi connectivity index (χ0) is 17.3. The van der Waals surface area contributed by atoms with E-state index in [4.69, 9.17) is 5.73 Å². The average Bonchev–Trinajstić information content (AvgIpc) is 2.44. The number of nitrogens with two attached hydrogens (primary N) is 1. The van der Waals surface area contributed by atoms with Crippen molar-refractivity contribution in [3.05, 3.63) is 60.2 Å². The van der Waals surface area contributed by atoms with E-state index in [-0.39, 0.29) is 64.7 Å². The van der Waals surface area contributed by atoms with Crippen LogP contribution in [0.3, 0.4) is 0 Å². The van der Waals surface area contributed by atoms with Crippen molar-refractivity contribution >= 4 is 26.3 Å². The second kappa shape index (κ2) is 9.43. The van der Waals surface area contributed by atoms with Crippen molar-refractivity contribution in [2.75, 3.05) is 0 Å². The SMILES string of the molecule is NC1(S(=O)(=O)[O-])C=CC=CC1C=Cc1ccccc1S(=O)(=O)[O-].[Na+].[Na+]. The predicted octanol–water partition coefficient (Wildman–Crippen LogP) is -5.45. The van der Waals surface area contributed by atoms with Gasteiger partial charge < -0.3 is 14.8 Å². The molecule has 0 heterocycles. The van der Waals surface area contributed by atoms with Crippen molar-refractivity contribution in [1.82, 2.24) is 0 Å². The van der Waals surface area contributed by atoms with Crippen LogP contribution in [0.5, 0.6) is 0 Å². The molecule has 1 aromatic rings. The number of hydrogen-bond acceptors (Lipinski definition) is 7. The first-order valence-electron chi connectivity index (χ1n) is 6.39. The van der Waals surface area contributed by atoms with Gasteiger partial charge in [0.25, 0.3) is 0 Å². The molecule has 25 heavy (non-hydrogen) atoms. The van der Waals surface area contributed by atoms with Gasteiger partial charge in [0.1, 0.15) is 25.1 Å². The molecular formula is C14H13NNa2O6S2. The maximum atomic E-state index is 11.4. The van der Waals surface area contributed by atoms with Gasteiger partial charge in [0.2, 0.25) is 0 Å². The normalized spacial score (nSPS) is 23.1. The van der Waals surface area contributed by atoms with E-state index in [1.165, 1.54) is 48.6 Å². The molecule has 2 rings (SSSR count). The van der Waals surface area contributed by atoms with Gasteiger partial charge in [0, 0.05) is 5.92 Å². The molecule has 0 saturated carbocycles. The van der Waals surface area contributed by atoms with E-state index in [1.807, 2.05) is 0 Å². The fourth-order valence-corrected chi connectivity index (χ4v) is 3.57. The van der Waals surface area contributed by atoms with Gasteiger partial charge >= 0.3 is 59.1 Å². The molecule has 0 fully saturated rings. The van der Waals surface area contributed by atoms with Crippen molar-refractivity contribution in [1.29, 1.82) is 0 Å². The summed E-state index contributed by atoms with van der Waals surface area (Å²) < 4.78 is 67.9. The topological polar surface area (TPSA) is 140 Å². The van der Waals surface area contributed by atoms with Gasteiger partial charge in [-0.05, 0) is 17.7 Å².